The van der Waals surface area contributed by atoms with Crippen molar-refractivity contribution in [1.29, 1.82) is 0 Å². The fourth-order valence-electron chi connectivity index (χ4n) is 1.71. The number of thiophene rings is 1. The molecule has 3 nitrogen and oxygen atoms in total. The van der Waals surface area contributed by atoms with Crippen LogP contribution >= 0.6 is 11.3 Å². The number of amides is 1. The van der Waals surface area contributed by atoms with E-state index in [9.17, 15) is 4.79 Å². The van der Waals surface area contributed by atoms with Crippen molar-refractivity contribution in [1.82, 2.24) is 10.6 Å². The smallest absolute Gasteiger partial charge is 0.236 e. The highest BCUT2D eigenvalue weighted by Gasteiger charge is 2.16. The second-order valence-corrected chi connectivity index (χ2v) is 6.08. The molecule has 0 aliphatic carbocycles. The Labute approximate surface area is 114 Å². The third-order valence-corrected chi connectivity index (χ3v) is 3.94. The van der Waals surface area contributed by atoms with Crippen LogP contribution in [0.4, 0.5) is 0 Å². The molecule has 0 aromatic carbocycles. The van der Waals surface area contributed by atoms with Gasteiger partial charge in [-0.3, -0.25) is 10.1 Å². The molecule has 1 unspecified atom stereocenters. The summed E-state index contributed by atoms with van der Waals surface area (Å²) in [6.07, 6.45) is 1.03. The van der Waals surface area contributed by atoms with Gasteiger partial charge in [-0.25, -0.2) is 0 Å². The zero-order chi connectivity index (χ0) is 13.5. The summed E-state index contributed by atoms with van der Waals surface area (Å²) in [5, 5.41) is 8.34. The van der Waals surface area contributed by atoms with Crippen molar-refractivity contribution < 1.29 is 4.79 Å². The van der Waals surface area contributed by atoms with Crippen molar-refractivity contribution in [3.05, 3.63) is 22.4 Å². The highest BCUT2D eigenvalue weighted by molar-refractivity contribution is 7.10. The van der Waals surface area contributed by atoms with Crippen molar-refractivity contribution in [2.75, 3.05) is 6.54 Å². The van der Waals surface area contributed by atoms with Crippen molar-refractivity contribution in [3.63, 3.8) is 0 Å². The van der Waals surface area contributed by atoms with Gasteiger partial charge in [-0.2, -0.15) is 0 Å². The minimum Gasteiger partial charge on any atom is -0.355 e. The monoisotopic (exact) mass is 268 g/mol. The molecule has 0 spiro atoms. The Kier molecular flexibility index (Phi) is 6.36. The lowest BCUT2D eigenvalue weighted by molar-refractivity contribution is -0.122. The molecule has 2 atom stereocenters. The Balaban J connectivity index is 2.31. The Morgan fingerprint density at radius 1 is 1.33 bits per heavy atom. The second kappa shape index (κ2) is 7.54. The number of nitrogens with one attached hydrogen (secondary N) is 2. The molecule has 0 aliphatic heterocycles. The van der Waals surface area contributed by atoms with Crippen molar-refractivity contribution in [3.8, 4) is 0 Å². The molecule has 2 N–H and O–H groups in total. The average Bonchev–Trinajstić information content (AvgIpc) is 2.81. The predicted molar refractivity (Wildman–Crippen MR) is 77.8 cm³/mol. The van der Waals surface area contributed by atoms with Crippen LogP contribution in [0.3, 0.4) is 0 Å². The maximum absolute atomic E-state index is 11.9. The van der Waals surface area contributed by atoms with Gasteiger partial charge >= 0.3 is 0 Å². The van der Waals surface area contributed by atoms with E-state index in [4.69, 9.17) is 0 Å². The Morgan fingerprint density at radius 2 is 2.06 bits per heavy atom. The molecule has 0 aliphatic rings. The highest BCUT2D eigenvalue weighted by Crippen LogP contribution is 2.18. The van der Waals surface area contributed by atoms with Crippen LogP contribution < -0.4 is 10.6 Å². The maximum atomic E-state index is 11.9. The van der Waals surface area contributed by atoms with Crippen LogP contribution in [0.1, 0.15) is 45.0 Å². The van der Waals surface area contributed by atoms with E-state index in [2.05, 4.69) is 42.9 Å². The zero-order valence-corrected chi connectivity index (χ0v) is 12.5. The van der Waals surface area contributed by atoms with Gasteiger partial charge in [0, 0.05) is 17.5 Å². The Hall–Kier alpha value is -0.870. The summed E-state index contributed by atoms with van der Waals surface area (Å²) in [5.74, 6) is 0.706. The van der Waals surface area contributed by atoms with E-state index in [1.807, 2.05) is 13.0 Å². The standard InChI is InChI=1S/C14H24N2OS/c1-10(2)7-8-15-14(17)12(4)16-11(3)13-6-5-9-18-13/h5-6,9-12,16H,7-8H2,1-4H3,(H,15,17)/t11-,12?/m0/s1. The second-order valence-electron chi connectivity index (χ2n) is 5.10. The highest BCUT2D eigenvalue weighted by atomic mass is 32.1. The van der Waals surface area contributed by atoms with Gasteiger partial charge < -0.3 is 5.32 Å². The van der Waals surface area contributed by atoms with Crippen molar-refractivity contribution in [2.24, 2.45) is 5.92 Å². The van der Waals surface area contributed by atoms with Gasteiger partial charge in [0.2, 0.25) is 5.91 Å². The molecule has 102 valence electrons. The van der Waals surface area contributed by atoms with Crippen LogP contribution in [-0.2, 0) is 4.79 Å². The van der Waals surface area contributed by atoms with Crippen LogP contribution in [0.2, 0.25) is 0 Å². The largest absolute Gasteiger partial charge is 0.355 e. The van der Waals surface area contributed by atoms with Gasteiger partial charge in [0.05, 0.1) is 6.04 Å². The predicted octanol–water partition coefficient (Wildman–Crippen LogP) is 2.95. The molecule has 1 aromatic heterocycles. The van der Waals surface area contributed by atoms with E-state index in [1.165, 1.54) is 4.88 Å². The average molecular weight is 268 g/mol. The first-order chi connectivity index (χ1) is 8.50. The molecule has 0 saturated heterocycles. The fourth-order valence-corrected chi connectivity index (χ4v) is 2.45. The molecule has 0 fully saturated rings. The molecule has 1 amide bonds. The summed E-state index contributed by atoms with van der Waals surface area (Å²) in [7, 11) is 0. The van der Waals surface area contributed by atoms with Gasteiger partial charge in [-0.1, -0.05) is 19.9 Å². The number of carbonyl (C=O) groups excluding carboxylic acids is 1. The first kappa shape index (κ1) is 15.2. The van der Waals surface area contributed by atoms with Crippen LogP contribution in [0.25, 0.3) is 0 Å². The minimum atomic E-state index is -0.158. The molecule has 1 heterocycles. The maximum Gasteiger partial charge on any atom is 0.236 e. The summed E-state index contributed by atoms with van der Waals surface area (Å²) in [6, 6.07) is 4.18. The third-order valence-electron chi connectivity index (χ3n) is 2.88. The lowest BCUT2D eigenvalue weighted by Gasteiger charge is -2.19. The lowest BCUT2D eigenvalue weighted by atomic mass is 10.1. The molecule has 1 rings (SSSR count). The van der Waals surface area contributed by atoms with Crippen molar-refractivity contribution >= 4 is 17.2 Å². The first-order valence-corrected chi connectivity index (χ1v) is 7.45. The third kappa shape index (κ3) is 5.19. The normalized spacial score (nSPS) is 14.5. The van der Waals surface area contributed by atoms with Crippen LogP contribution in [-0.4, -0.2) is 18.5 Å². The lowest BCUT2D eigenvalue weighted by Crippen LogP contribution is -2.43. The van der Waals surface area contributed by atoms with E-state index in [-0.39, 0.29) is 18.0 Å². The molecular weight excluding hydrogens is 244 g/mol. The fraction of sp³-hybridized carbons (Fsp3) is 0.643. The van der Waals surface area contributed by atoms with Gasteiger partial charge in [-0.05, 0) is 37.6 Å². The molecule has 4 heteroatoms. The first-order valence-electron chi connectivity index (χ1n) is 6.58. The van der Waals surface area contributed by atoms with E-state index >= 15 is 0 Å². The summed E-state index contributed by atoms with van der Waals surface area (Å²) >= 11 is 1.71. The van der Waals surface area contributed by atoms with Gasteiger partial charge in [-0.15, -0.1) is 11.3 Å². The van der Waals surface area contributed by atoms with Crippen LogP contribution in [0, 0.1) is 5.92 Å². The van der Waals surface area contributed by atoms with E-state index < -0.39 is 0 Å². The number of hydrogen-bond acceptors (Lipinski definition) is 3. The molecular formula is C14H24N2OS. The van der Waals surface area contributed by atoms with Crippen molar-refractivity contribution in [2.45, 2.75) is 46.2 Å². The Bertz CT molecular complexity index is 349. The molecule has 1 aromatic rings. The molecule has 0 bridgehead atoms. The Morgan fingerprint density at radius 3 is 2.61 bits per heavy atom. The van der Waals surface area contributed by atoms with Gasteiger partial charge in [0.15, 0.2) is 0 Å². The number of carbonyl (C=O) groups is 1. The SMILES string of the molecule is CC(C)CCNC(=O)C(C)N[C@@H](C)c1cccs1. The minimum absolute atomic E-state index is 0.0825. The van der Waals surface area contributed by atoms with Crippen LogP contribution in [0.5, 0.6) is 0 Å². The van der Waals surface area contributed by atoms with Gasteiger partial charge in [0.25, 0.3) is 0 Å². The number of hydrogen-bond donors (Lipinski definition) is 2. The molecule has 0 radical (unpaired) electrons. The van der Waals surface area contributed by atoms with E-state index in [1.54, 1.807) is 11.3 Å². The van der Waals surface area contributed by atoms with E-state index in [0.29, 0.717) is 5.92 Å². The van der Waals surface area contributed by atoms with E-state index in [0.717, 1.165) is 13.0 Å². The molecule has 18 heavy (non-hydrogen) atoms. The summed E-state index contributed by atoms with van der Waals surface area (Å²) in [6.45, 7) is 9.08. The zero-order valence-electron chi connectivity index (χ0n) is 11.7. The van der Waals surface area contributed by atoms with Crippen LogP contribution in [0.15, 0.2) is 17.5 Å². The number of rotatable bonds is 7. The topological polar surface area (TPSA) is 41.1 Å². The molecule has 0 saturated carbocycles. The summed E-state index contributed by atoms with van der Waals surface area (Å²) in [4.78, 5) is 13.1. The summed E-state index contributed by atoms with van der Waals surface area (Å²) in [5.41, 5.74) is 0. The summed E-state index contributed by atoms with van der Waals surface area (Å²) < 4.78 is 0. The van der Waals surface area contributed by atoms with Gasteiger partial charge in [0.1, 0.15) is 0 Å². The quantitative estimate of drug-likeness (QED) is 0.798.